The van der Waals surface area contributed by atoms with Gasteiger partial charge >= 0.3 is 0 Å². The van der Waals surface area contributed by atoms with E-state index in [0.717, 1.165) is 36.9 Å². The summed E-state index contributed by atoms with van der Waals surface area (Å²) in [5.41, 5.74) is 1.64. The van der Waals surface area contributed by atoms with Gasteiger partial charge in [-0.3, -0.25) is 15.1 Å². The summed E-state index contributed by atoms with van der Waals surface area (Å²) in [5, 5.41) is 19.2. The molecule has 176 valence electrons. The second-order valence-corrected chi connectivity index (χ2v) is 9.71. The highest BCUT2D eigenvalue weighted by Crippen LogP contribution is 2.37. The number of hydrogen-bond acceptors (Lipinski definition) is 7. The largest absolute Gasteiger partial charge is 0.454 e. The van der Waals surface area contributed by atoms with Crippen molar-refractivity contribution in [1.29, 1.82) is 0 Å². The molecule has 3 aromatic rings. The van der Waals surface area contributed by atoms with Crippen LogP contribution in [0.4, 0.5) is 5.69 Å². The average Bonchev–Trinajstić information content (AvgIpc) is 3.44. The van der Waals surface area contributed by atoms with Gasteiger partial charge in [-0.05, 0) is 37.1 Å². The van der Waals surface area contributed by atoms with Crippen LogP contribution in [0.1, 0.15) is 37.7 Å². The summed E-state index contributed by atoms with van der Waals surface area (Å²) >= 11 is 14.0. The lowest BCUT2D eigenvalue weighted by molar-refractivity contribution is -0.385. The summed E-state index contributed by atoms with van der Waals surface area (Å²) in [5.74, 6) is 0.782. The Kier molecular flexibility index (Phi) is 6.58. The van der Waals surface area contributed by atoms with Crippen molar-refractivity contribution in [2.75, 3.05) is 6.79 Å². The van der Waals surface area contributed by atoms with Crippen LogP contribution in [-0.4, -0.2) is 28.6 Å². The van der Waals surface area contributed by atoms with Crippen molar-refractivity contribution in [3.05, 3.63) is 66.2 Å². The molecule has 11 heteroatoms. The van der Waals surface area contributed by atoms with Gasteiger partial charge in [0.15, 0.2) is 11.5 Å². The van der Waals surface area contributed by atoms with Gasteiger partial charge < -0.3 is 9.47 Å². The van der Waals surface area contributed by atoms with Crippen molar-refractivity contribution in [3.8, 4) is 22.8 Å². The van der Waals surface area contributed by atoms with Crippen molar-refractivity contribution in [2.45, 2.75) is 38.1 Å². The Balaban J connectivity index is 1.62. The summed E-state index contributed by atoms with van der Waals surface area (Å²) in [6.45, 7) is 0.0238. The lowest BCUT2D eigenvalue weighted by atomic mass is 9.96. The number of benzene rings is 2. The van der Waals surface area contributed by atoms with E-state index in [2.05, 4.69) is 5.10 Å². The molecule has 0 atom stereocenters. The molecular weight excluding hydrogens is 499 g/mol. The van der Waals surface area contributed by atoms with Crippen molar-refractivity contribution in [2.24, 2.45) is 10.1 Å². The van der Waals surface area contributed by atoms with Crippen LogP contribution in [0, 0.1) is 10.1 Å². The zero-order valence-corrected chi connectivity index (χ0v) is 20.3. The molecule has 1 fully saturated rings. The number of nitrogens with zero attached hydrogens (tertiary/aromatic N) is 4. The molecule has 2 aliphatic rings. The first-order chi connectivity index (χ1) is 16.5. The fraction of sp³-hybridized carbons (Fsp3) is 0.304. The van der Waals surface area contributed by atoms with E-state index in [1.807, 2.05) is 11.4 Å². The first kappa shape index (κ1) is 22.9. The molecule has 1 aromatic heterocycles. The minimum absolute atomic E-state index is 0.0238. The van der Waals surface area contributed by atoms with Gasteiger partial charge in [0, 0.05) is 16.0 Å². The molecule has 1 saturated carbocycles. The van der Waals surface area contributed by atoms with Gasteiger partial charge in [0.25, 0.3) is 5.69 Å². The maximum atomic E-state index is 11.7. The van der Waals surface area contributed by atoms with Crippen LogP contribution in [-0.2, 0) is 0 Å². The highest BCUT2D eigenvalue weighted by atomic mass is 35.5. The molecule has 0 unspecified atom stereocenters. The number of fused-ring (bicyclic) bond motifs is 1. The van der Waals surface area contributed by atoms with Gasteiger partial charge in [-0.2, -0.15) is 5.10 Å². The highest BCUT2D eigenvalue weighted by Gasteiger charge is 2.23. The molecular formula is C23H20Cl2N4O4S. The van der Waals surface area contributed by atoms with Gasteiger partial charge in [-0.1, -0.05) is 42.5 Å². The normalized spacial score (nSPS) is 16.5. The minimum atomic E-state index is -0.466. The molecule has 1 aliphatic heterocycles. The molecule has 2 aromatic carbocycles. The fourth-order valence-corrected chi connectivity index (χ4v) is 5.48. The fourth-order valence-electron chi connectivity index (χ4n) is 4.08. The number of nitro groups is 1. The Morgan fingerprint density at radius 3 is 2.62 bits per heavy atom. The van der Waals surface area contributed by atoms with Crippen LogP contribution in [0.3, 0.4) is 0 Å². The smallest absolute Gasteiger partial charge is 0.282 e. The zero-order chi connectivity index (χ0) is 23.7. The van der Waals surface area contributed by atoms with Crippen molar-refractivity contribution < 1.29 is 14.4 Å². The molecule has 0 bridgehead atoms. The third-order valence-corrected chi connectivity index (χ3v) is 7.17. The van der Waals surface area contributed by atoms with Gasteiger partial charge in [-0.25, -0.2) is 4.68 Å². The summed E-state index contributed by atoms with van der Waals surface area (Å²) in [7, 11) is 0. The second-order valence-electron chi connectivity index (χ2n) is 8.03. The van der Waals surface area contributed by atoms with Crippen LogP contribution < -0.4 is 14.3 Å². The lowest BCUT2D eigenvalue weighted by Gasteiger charge is -2.16. The molecule has 2 heterocycles. The van der Waals surface area contributed by atoms with Crippen molar-refractivity contribution >= 4 is 46.4 Å². The topological polar surface area (TPSA) is 91.2 Å². The summed E-state index contributed by atoms with van der Waals surface area (Å²) in [4.78, 5) is 16.9. The first-order valence-electron chi connectivity index (χ1n) is 10.8. The van der Waals surface area contributed by atoms with E-state index < -0.39 is 4.92 Å². The Morgan fingerprint density at radius 2 is 1.88 bits per heavy atom. The summed E-state index contributed by atoms with van der Waals surface area (Å²) in [6, 6.07) is 8.39. The molecule has 0 radical (unpaired) electrons. The summed E-state index contributed by atoms with van der Waals surface area (Å²) in [6.07, 6.45) is 7.05. The molecule has 1 aliphatic carbocycles. The van der Waals surface area contributed by atoms with Crippen LogP contribution in [0.25, 0.3) is 11.3 Å². The average molecular weight is 519 g/mol. The second kappa shape index (κ2) is 9.77. The molecule has 0 N–H and O–H groups in total. The predicted molar refractivity (Wildman–Crippen MR) is 132 cm³/mol. The van der Waals surface area contributed by atoms with Gasteiger partial charge in [0.1, 0.15) is 0 Å². The zero-order valence-electron chi connectivity index (χ0n) is 17.9. The standard InChI is InChI=1S/C23H20Cl2N4O4S/c24-15-6-7-17(18(25)9-15)20-12-34-23(27-16-4-2-1-3-5-16)28(20)26-11-14-8-21-22(33-13-32-21)10-19(14)29(30)31/h6-12,16H,1-5,13H2. The minimum Gasteiger partial charge on any atom is -0.454 e. The Hall–Kier alpha value is -2.88. The molecule has 0 amide bonds. The molecule has 34 heavy (non-hydrogen) atoms. The van der Waals surface area contributed by atoms with Gasteiger partial charge in [-0.15, -0.1) is 11.3 Å². The Bertz CT molecular complexity index is 1350. The van der Waals surface area contributed by atoms with E-state index in [1.54, 1.807) is 22.9 Å². The number of ether oxygens (including phenoxy) is 2. The van der Waals surface area contributed by atoms with Crippen LogP contribution in [0.5, 0.6) is 11.5 Å². The van der Waals surface area contributed by atoms with E-state index in [4.69, 9.17) is 37.7 Å². The number of aromatic nitrogens is 1. The number of halogens is 2. The van der Waals surface area contributed by atoms with Gasteiger partial charge in [0.2, 0.25) is 11.6 Å². The van der Waals surface area contributed by atoms with E-state index in [1.165, 1.54) is 30.0 Å². The molecule has 0 saturated heterocycles. The van der Waals surface area contributed by atoms with Crippen molar-refractivity contribution in [3.63, 3.8) is 0 Å². The Labute approximate surface area is 209 Å². The van der Waals surface area contributed by atoms with E-state index in [-0.39, 0.29) is 18.5 Å². The third kappa shape index (κ3) is 4.68. The molecule has 5 rings (SSSR count). The quantitative estimate of drug-likeness (QED) is 0.226. The predicted octanol–water partition coefficient (Wildman–Crippen LogP) is 6.28. The Morgan fingerprint density at radius 1 is 1.12 bits per heavy atom. The van der Waals surface area contributed by atoms with Crippen LogP contribution >= 0.6 is 34.5 Å². The molecule has 0 spiro atoms. The van der Waals surface area contributed by atoms with Crippen LogP contribution in [0.2, 0.25) is 10.0 Å². The monoisotopic (exact) mass is 518 g/mol. The lowest BCUT2D eigenvalue weighted by Crippen LogP contribution is -2.19. The van der Waals surface area contributed by atoms with E-state index >= 15 is 0 Å². The first-order valence-corrected chi connectivity index (χ1v) is 12.5. The maximum absolute atomic E-state index is 11.7. The number of rotatable bonds is 5. The van der Waals surface area contributed by atoms with Crippen LogP contribution in [0.15, 0.2) is 45.8 Å². The number of nitro benzene ring substituents is 1. The summed E-state index contributed by atoms with van der Waals surface area (Å²) < 4.78 is 12.4. The SMILES string of the molecule is O=[N+]([O-])c1cc2c(cc1C=Nn1c(-c3ccc(Cl)cc3Cl)csc1=NC1CCCCC1)OCO2. The van der Waals surface area contributed by atoms with Crippen molar-refractivity contribution in [1.82, 2.24) is 4.68 Å². The third-order valence-electron chi connectivity index (χ3n) is 5.79. The number of thiazole rings is 1. The van der Waals surface area contributed by atoms with Gasteiger partial charge in [0.05, 0.1) is 39.5 Å². The molecule has 8 nitrogen and oxygen atoms in total. The highest BCUT2D eigenvalue weighted by molar-refractivity contribution is 7.07. The van der Waals surface area contributed by atoms with E-state index in [0.29, 0.717) is 31.9 Å². The van der Waals surface area contributed by atoms with E-state index in [9.17, 15) is 10.1 Å². The maximum Gasteiger partial charge on any atom is 0.282 e. The number of hydrogen-bond donors (Lipinski definition) is 0.